The van der Waals surface area contributed by atoms with Crippen LogP contribution in [0, 0.1) is 0 Å². The molecule has 0 fully saturated rings. The maximum atomic E-state index is 12.3. The molecule has 0 heterocycles. The van der Waals surface area contributed by atoms with Crippen molar-refractivity contribution in [3.63, 3.8) is 0 Å². The Balaban J connectivity index is 1.94. The highest BCUT2D eigenvalue weighted by atomic mass is 32.1. The van der Waals surface area contributed by atoms with Crippen LogP contribution >= 0.6 is 12.2 Å². The minimum Gasteiger partial charge on any atom is -0.491 e. The number of thiocarbonyl (C=S) groups is 1. The summed E-state index contributed by atoms with van der Waals surface area (Å²) in [5.74, 6) is 0.222. The molecule has 2 aromatic rings. The van der Waals surface area contributed by atoms with E-state index < -0.39 is 0 Å². The zero-order valence-corrected chi connectivity index (χ0v) is 17.1. The van der Waals surface area contributed by atoms with E-state index in [4.69, 9.17) is 17.0 Å². The summed E-state index contributed by atoms with van der Waals surface area (Å²) in [6.45, 7) is 6.48. The minimum absolute atomic E-state index is 0.0660. The van der Waals surface area contributed by atoms with Crippen molar-refractivity contribution in [2.24, 2.45) is 0 Å². The standard InChI is InChI=1S/C21H25N3O3S/c1-4-12-22-19(25)16-6-5-7-17(13-16)23-21(28)24-20(26)15-8-10-18(11-9-15)27-14(2)3/h5-11,13-14H,4,12H2,1-3H3,(H,22,25)(H2,23,24,26,28). The van der Waals surface area contributed by atoms with Gasteiger partial charge < -0.3 is 15.4 Å². The number of carbonyl (C=O) groups is 2. The van der Waals surface area contributed by atoms with Gasteiger partial charge in [-0.15, -0.1) is 0 Å². The third-order valence-corrected chi connectivity index (χ3v) is 3.84. The second-order valence-electron chi connectivity index (χ2n) is 6.44. The molecule has 0 saturated carbocycles. The van der Waals surface area contributed by atoms with Gasteiger partial charge >= 0.3 is 0 Å². The molecule has 0 spiro atoms. The Morgan fingerprint density at radius 1 is 1.04 bits per heavy atom. The third kappa shape index (κ3) is 6.66. The molecule has 0 atom stereocenters. The number of hydrogen-bond donors (Lipinski definition) is 3. The van der Waals surface area contributed by atoms with E-state index in [2.05, 4.69) is 16.0 Å². The third-order valence-electron chi connectivity index (χ3n) is 3.63. The first-order valence-electron chi connectivity index (χ1n) is 9.16. The van der Waals surface area contributed by atoms with Crippen LogP contribution in [0.25, 0.3) is 0 Å². The van der Waals surface area contributed by atoms with Crippen molar-refractivity contribution < 1.29 is 14.3 Å². The molecule has 28 heavy (non-hydrogen) atoms. The molecule has 0 unspecified atom stereocenters. The first-order valence-corrected chi connectivity index (χ1v) is 9.57. The van der Waals surface area contributed by atoms with Gasteiger partial charge in [-0.25, -0.2) is 0 Å². The van der Waals surface area contributed by atoms with E-state index in [1.165, 1.54) is 0 Å². The van der Waals surface area contributed by atoms with Gasteiger partial charge in [0.05, 0.1) is 6.10 Å². The molecule has 6 nitrogen and oxygen atoms in total. The summed E-state index contributed by atoms with van der Waals surface area (Å²) in [5.41, 5.74) is 1.61. The van der Waals surface area contributed by atoms with Gasteiger partial charge in [0.1, 0.15) is 5.75 Å². The first kappa shape index (κ1) is 21.4. The Morgan fingerprint density at radius 2 is 1.75 bits per heavy atom. The Kier molecular flexibility index (Phi) is 7.95. The Labute approximate surface area is 170 Å². The van der Waals surface area contributed by atoms with Gasteiger partial charge in [0, 0.05) is 23.4 Å². The van der Waals surface area contributed by atoms with Crippen LogP contribution in [0.15, 0.2) is 48.5 Å². The molecule has 0 saturated heterocycles. The Hall–Kier alpha value is -2.93. The summed E-state index contributed by atoms with van der Waals surface area (Å²) < 4.78 is 5.56. The fraction of sp³-hybridized carbons (Fsp3) is 0.286. The first-order chi connectivity index (χ1) is 13.4. The molecule has 2 rings (SSSR count). The van der Waals surface area contributed by atoms with Crippen LogP contribution in [0.3, 0.4) is 0 Å². The number of ether oxygens (including phenoxy) is 1. The van der Waals surface area contributed by atoms with E-state index in [9.17, 15) is 9.59 Å². The minimum atomic E-state index is -0.328. The number of carbonyl (C=O) groups excluding carboxylic acids is 2. The highest BCUT2D eigenvalue weighted by Crippen LogP contribution is 2.14. The lowest BCUT2D eigenvalue weighted by molar-refractivity contribution is 0.0951. The molecule has 0 aromatic heterocycles. The topological polar surface area (TPSA) is 79.5 Å². The van der Waals surface area contributed by atoms with Crippen LogP contribution in [0.5, 0.6) is 5.75 Å². The summed E-state index contributed by atoms with van der Waals surface area (Å²) in [4.78, 5) is 24.4. The van der Waals surface area contributed by atoms with E-state index in [0.717, 1.165) is 6.42 Å². The number of nitrogens with one attached hydrogen (secondary N) is 3. The van der Waals surface area contributed by atoms with Crippen molar-refractivity contribution in [2.45, 2.75) is 33.3 Å². The molecule has 0 aliphatic heterocycles. The van der Waals surface area contributed by atoms with Gasteiger partial charge in [-0.3, -0.25) is 14.9 Å². The van der Waals surface area contributed by atoms with Crippen LogP contribution < -0.4 is 20.7 Å². The van der Waals surface area contributed by atoms with Gasteiger partial charge in [-0.2, -0.15) is 0 Å². The van der Waals surface area contributed by atoms with Gasteiger partial charge in [-0.05, 0) is 75.0 Å². The molecule has 0 radical (unpaired) electrons. The predicted octanol–water partition coefficient (Wildman–Crippen LogP) is 3.74. The summed E-state index contributed by atoms with van der Waals surface area (Å²) >= 11 is 5.21. The summed E-state index contributed by atoms with van der Waals surface area (Å²) in [6.07, 6.45) is 0.931. The van der Waals surface area contributed by atoms with Crippen LogP contribution in [-0.4, -0.2) is 29.6 Å². The van der Waals surface area contributed by atoms with Crippen LogP contribution in [0.4, 0.5) is 5.69 Å². The molecule has 0 aliphatic carbocycles. The zero-order chi connectivity index (χ0) is 20.5. The Bertz CT molecular complexity index is 835. The molecule has 148 valence electrons. The second-order valence-corrected chi connectivity index (χ2v) is 6.84. The summed E-state index contributed by atoms with van der Waals surface area (Å²) in [5, 5.41) is 8.53. The van der Waals surface area contributed by atoms with Gasteiger partial charge in [0.15, 0.2) is 5.11 Å². The maximum absolute atomic E-state index is 12.3. The number of anilines is 1. The van der Waals surface area contributed by atoms with E-state index in [1.807, 2.05) is 20.8 Å². The molecule has 3 N–H and O–H groups in total. The van der Waals surface area contributed by atoms with Crippen molar-refractivity contribution >= 4 is 34.8 Å². The van der Waals surface area contributed by atoms with Crippen molar-refractivity contribution in [1.29, 1.82) is 0 Å². The maximum Gasteiger partial charge on any atom is 0.257 e. The molecule has 0 aliphatic rings. The monoisotopic (exact) mass is 399 g/mol. The summed E-state index contributed by atoms with van der Waals surface area (Å²) in [6, 6.07) is 13.8. The molecule has 0 bridgehead atoms. The van der Waals surface area contributed by atoms with E-state index in [-0.39, 0.29) is 23.0 Å². The van der Waals surface area contributed by atoms with Crippen molar-refractivity contribution in [3.8, 4) is 5.75 Å². The molecule has 2 amide bonds. The van der Waals surface area contributed by atoms with Crippen LogP contribution in [-0.2, 0) is 0 Å². The Morgan fingerprint density at radius 3 is 2.39 bits per heavy atom. The van der Waals surface area contributed by atoms with Gasteiger partial charge in [-0.1, -0.05) is 13.0 Å². The summed E-state index contributed by atoms with van der Waals surface area (Å²) in [7, 11) is 0. The van der Waals surface area contributed by atoms with Crippen LogP contribution in [0.2, 0.25) is 0 Å². The predicted molar refractivity (Wildman–Crippen MR) is 115 cm³/mol. The van der Waals surface area contributed by atoms with Crippen molar-refractivity contribution in [3.05, 3.63) is 59.7 Å². The quantitative estimate of drug-likeness (QED) is 0.618. The average Bonchev–Trinajstić information content (AvgIpc) is 2.66. The molecular weight excluding hydrogens is 374 g/mol. The number of amides is 2. The van der Waals surface area contributed by atoms with E-state index in [0.29, 0.717) is 29.1 Å². The van der Waals surface area contributed by atoms with Gasteiger partial charge in [0.25, 0.3) is 11.8 Å². The zero-order valence-electron chi connectivity index (χ0n) is 16.2. The van der Waals surface area contributed by atoms with Crippen LogP contribution in [0.1, 0.15) is 47.9 Å². The van der Waals surface area contributed by atoms with Crippen molar-refractivity contribution in [1.82, 2.24) is 10.6 Å². The van der Waals surface area contributed by atoms with Gasteiger partial charge in [0.2, 0.25) is 0 Å². The smallest absolute Gasteiger partial charge is 0.257 e. The normalized spacial score (nSPS) is 10.3. The molecular formula is C21H25N3O3S. The highest BCUT2D eigenvalue weighted by Gasteiger charge is 2.10. The fourth-order valence-electron chi connectivity index (χ4n) is 2.37. The SMILES string of the molecule is CCCNC(=O)c1cccc(NC(=S)NC(=O)c2ccc(OC(C)C)cc2)c1. The van der Waals surface area contributed by atoms with E-state index in [1.54, 1.807) is 48.5 Å². The average molecular weight is 400 g/mol. The number of rotatable bonds is 7. The fourth-order valence-corrected chi connectivity index (χ4v) is 2.58. The molecule has 7 heteroatoms. The number of benzene rings is 2. The highest BCUT2D eigenvalue weighted by molar-refractivity contribution is 7.80. The lowest BCUT2D eigenvalue weighted by Gasteiger charge is -2.12. The largest absolute Gasteiger partial charge is 0.491 e. The van der Waals surface area contributed by atoms with Crippen molar-refractivity contribution in [2.75, 3.05) is 11.9 Å². The lowest BCUT2D eigenvalue weighted by atomic mass is 10.2. The number of hydrogen-bond acceptors (Lipinski definition) is 4. The van der Waals surface area contributed by atoms with E-state index >= 15 is 0 Å². The second kappa shape index (κ2) is 10.4. The lowest BCUT2D eigenvalue weighted by Crippen LogP contribution is -2.34. The molecule has 2 aromatic carbocycles.